The van der Waals surface area contributed by atoms with Gasteiger partial charge in [-0.1, -0.05) is 0 Å². The second-order valence-electron chi connectivity index (χ2n) is 5.15. The number of rotatable bonds is 0. The lowest BCUT2D eigenvalue weighted by Gasteiger charge is -2.30. The van der Waals surface area contributed by atoms with Gasteiger partial charge in [0.25, 0.3) is 0 Å². The van der Waals surface area contributed by atoms with E-state index in [0.29, 0.717) is 16.4 Å². The van der Waals surface area contributed by atoms with Gasteiger partial charge in [-0.2, -0.15) is 11.8 Å². The van der Waals surface area contributed by atoms with Crippen LogP contribution in [-0.2, 0) is 10.0 Å². The van der Waals surface area contributed by atoms with Crippen LogP contribution >= 0.6 is 11.8 Å². The van der Waals surface area contributed by atoms with Crippen LogP contribution in [0.1, 0.15) is 26.7 Å². The van der Waals surface area contributed by atoms with Gasteiger partial charge in [-0.05, 0) is 26.7 Å². The highest BCUT2D eigenvalue weighted by molar-refractivity contribution is 8.02. The highest BCUT2D eigenvalue weighted by Crippen LogP contribution is 2.57. The van der Waals surface area contributed by atoms with Crippen LogP contribution in [0.5, 0.6) is 0 Å². The van der Waals surface area contributed by atoms with E-state index in [-0.39, 0.29) is 10.8 Å². The quantitative estimate of drug-likeness (QED) is 0.678. The predicted octanol–water partition coefficient (Wildman–Crippen LogP) is 0.961. The molecule has 0 aliphatic carbocycles. The monoisotopic (exact) mass is 233 g/mol. The Balaban J connectivity index is 2.11. The van der Waals surface area contributed by atoms with Crippen molar-refractivity contribution >= 4 is 21.8 Å². The summed E-state index contributed by atoms with van der Waals surface area (Å²) in [6, 6.07) is 0. The number of fused-ring (bicyclic) bond motifs is 5. The van der Waals surface area contributed by atoms with Crippen LogP contribution in [0.3, 0.4) is 0 Å². The van der Waals surface area contributed by atoms with Crippen molar-refractivity contribution in [3.63, 3.8) is 0 Å². The molecule has 5 heteroatoms. The van der Waals surface area contributed by atoms with Gasteiger partial charge in [0, 0.05) is 22.0 Å². The second-order valence-corrected chi connectivity index (χ2v) is 8.47. The third-order valence-corrected chi connectivity index (χ3v) is 7.88. The molecule has 3 fully saturated rings. The van der Waals surface area contributed by atoms with E-state index < -0.39 is 10.0 Å². The van der Waals surface area contributed by atoms with E-state index in [0.717, 1.165) is 6.42 Å². The molecule has 3 saturated heterocycles. The third kappa shape index (κ3) is 1.01. The first-order valence-corrected chi connectivity index (χ1v) is 7.59. The van der Waals surface area contributed by atoms with Crippen molar-refractivity contribution in [1.29, 1.82) is 0 Å². The van der Waals surface area contributed by atoms with Crippen molar-refractivity contribution < 1.29 is 8.42 Å². The normalized spacial score (nSPS) is 52.1. The Hall–Kier alpha value is 0.260. The molecule has 3 aliphatic rings. The largest absolute Gasteiger partial charge is 0.216 e. The molecular weight excluding hydrogens is 218 g/mol. The Morgan fingerprint density at radius 3 is 2.57 bits per heavy atom. The summed E-state index contributed by atoms with van der Waals surface area (Å²) in [7, 11) is -3.03. The first-order valence-electron chi connectivity index (χ1n) is 5.10. The average molecular weight is 233 g/mol. The number of hydrogen-bond acceptors (Lipinski definition) is 3. The van der Waals surface area contributed by atoms with Crippen LogP contribution in [0.15, 0.2) is 0 Å². The smallest absolute Gasteiger partial charge is 0.212 e. The van der Waals surface area contributed by atoms with E-state index in [2.05, 4.69) is 4.72 Å². The third-order valence-electron chi connectivity index (χ3n) is 3.80. The van der Waals surface area contributed by atoms with Crippen LogP contribution in [0.2, 0.25) is 0 Å². The summed E-state index contributed by atoms with van der Waals surface area (Å²) in [6.07, 6.45) is 2.30. The lowest BCUT2D eigenvalue weighted by atomic mass is 9.77. The number of nitrogens with one attached hydrogen (secondary N) is 1. The molecular formula is C9H15NO2S2. The summed E-state index contributed by atoms with van der Waals surface area (Å²) in [5.74, 6) is 0.330. The Morgan fingerprint density at radius 1 is 1.29 bits per heavy atom. The lowest BCUT2D eigenvalue weighted by Crippen LogP contribution is -2.43. The fraction of sp³-hybridized carbons (Fsp3) is 1.00. The molecule has 3 heterocycles. The molecule has 4 atom stereocenters. The average Bonchev–Trinajstić information content (AvgIpc) is 2.61. The van der Waals surface area contributed by atoms with Crippen molar-refractivity contribution in [3.05, 3.63) is 0 Å². The summed E-state index contributed by atoms with van der Waals surface area (Å²) in [5, 5.41) is 0.829. The molecule has 3 rings (SSSR count). The highest BCUT2D eigenvalue weighted by atomic mass is 32.2. The van der Waals surface area contributed by atoms with Crippen molar-refractivity contribution in [2.45, 2.75) is 48.0 Å². The number of sulfonamides is 1. The zero-order valence-corrected chi connectivity index (χ0v) is 9.99. The first kappa shape index (κ1) is 9.48. The van der Waals surface area contributed by atoms with Gasteiger partial charge in [-0.25, -0.2) is 13.1 Å². The molecule has 1 N–H and O–H groups in total. The minimum Gasteiger partial charge on any atom is -0.212 e. The summed E-state index contributed by atoms with van der Waals surface area (Å²) in [4.78, 5) is 0. The Kier molecular flexibility index (Phi) is 1.69. The molecule has 2 bridgehead atoms. The van der Waals surface area contributed by atoms with Gasteiger partial charge in [0.05, 0.1) is 5.25 Å². The molecule has 0 radical (unpaired) electrons. The molecule has 4 unspecified atom stereocenters. The minimum absolute atomic E-state index is 0.110. The van der Waals surface area contributed by atoms with E-state index in [1.165, 1.54) is 6.42 Å². The second kappa shape index (κ2) is 2.50. The topological polar surface area (TPSA) is 46.2 Å². The van der Waals surface area contributed by atoms with Gasteiger partial charge in [0.15, 0.2) is 0 Å². The summed E-state index contributed by atoms with van der Waals surface area (Å²) in [5.41, 5.74) is -0.226. The van der Waals surface area contributed by atoms with Crippen LogP contribution in [-0.4, -0.2) is 29.7 Å². The Bertz CT molecular complexity index is 376. The van der Waals surface area contributed by atoms with Crippen molar-refractivity contribution in [2.24, 2.45) is 5.92 Å². The molecule has 14 heavy (non-hydrogen) atoms. The molecule has 0 aromatic carbocycles. The fourth-order valence-corrected chi connectivity index (χ4v) is 8.59. The molecule has 80 valence electrons. The summed E-state index contributed by atoms with van der Waals surface area (Å²) >= 11 is 1.91. The minimum atomic E-state index is -3.03. The van der Waals surface area contributed by atoms with Crippen molar-refractivity contribution in [3.8, 4) is 0 Å². The zero-order chi connectivity index (χ0) is 10.1. The Labute approximate surface area is 89.1 Å². The number of hydrogen-bond donors (Lipinski definition) is 1. The molecule has 0 spiro atoms. The van der Waals surface area contributed by atoms with E-state index in [9.17, 15) is 8.42 Å². The maximum atomic E-state index is 11.9. The van der Waals surface area contributed by atoms with E-state index in [1.807, 2.05) is 25.6 Å². The highest BCUT2D eigenvalue weighted by Gasteiger charge is 2.64. The van der Waals surface area contributed by atoms with Crippen LogP contribution < -0.4 is 4.72 Å². The molecule has 3 aliphatic heterocycles. The van der Waals surface area contributed by atoms with Crippen molar-refractivity contribution in [1.82, 2.24) is 4.72 Å². The predicted molar refractivity (Wildman–Crippen MR) is 57.8 cm³/mol. The Morgan fingerprint density at radius 2 is 1.93 bits per heavy atom. The lowest BCUT2D eigenvalue weighted by molar-refractivity contribution is 0.289. The zero-order valence-electron chi connectivity index (χ0n) is 8.36. The molecule has 0 amide bonds. The van der Waals surface area contributed by atoms with Gasteiger partial charge in [-0.15, -0.1) is 0 Å². The van der Waals surface area contributed by atoms with Gasteiger partial charge >= 0.3 is 0 Å². The van der Waals surface area contributed by atoms with Gasteiger partial charge < -0.3 is 0 Å². The molecule has 0 aromatic heterocycles. The van der Waals surface area contributed by atoms with Crippen LogP contribution in [0, 0.1) is 5.92 Å². The SMILES string of the molecule is CC1(C)NS(=O)(=O)C2C3CCC(S3)C21. The van der Waals surface area contributed by atoms with Gasteiger partial charge in [0.1, 0.15) is 0 Å². The molecule has 3 nitrogen and oxygen atoms in total. The van der Waals surface area contributed by atoms with Crippen LogP contribution in [0.25, 0.3) is 0 Å². The van der Waals surface area contributed by atoms with Crippen molar-refractivity contribution in [2.75, 3.05) is 0 Å². The number of thioether (sulfide) groups is 1. The maximum Gasteiger partial charge on any atom is 0.216 e. The van der Waals surface area contributed by atoms with Crippen LogP contribution in [0.4, 0.5) is 0 Å². The summed E-state index contributed by atoms with van der Waals surface area (Å²) < 4.78 is 26.7. The summed E-state index contributed by atoms with van der Waals surface area (Å²) in [6.45, 7) is 4.05. The molecule has 0 saturated carbocycles. The maximum absolute atomic E-state index is 11.9. The van der Waals surface area contributed by atoms with Gasteiger partial charge in [0.2, 0.25) is 10.0 Å². The first-order chi connectivity index (χ1) is 6.42. The van der Waals surface area contributed by atoms with E-state index >= 15 is 0 Å². The van der Waals surface area contributed by atoms with E-state index in [4.69, 9.17) is 0 Å². The van der Waals surface area contributed by atoms with E-state index in [1.54, 1.807) is 0 Å². The molecule has 0 aromatic rings. The van der Waals surface area contributed by atoms with Gasteiger partial charge in [-0.3, -0.25) is 0 Å². The fourth-order valence-electron chi connectivity index (χ4n) is 3.41. The standard InChI is InChI=1S/C9H15NO2S2/c1-9(2)7-5-3-4-6(13-5)8(7)14(11,12)10-9/h5-8,10H,3-4H2,1-2H3.